The third-order valence-electron chi connectivity index (χ3n) is 5.67. The molecule has 0 radical (unpaired) electrons. The first kappa shape index (κ1) is 27.2. The Morgan fingerprint density at radius 3 is 2.03 bits per heavy atom. The molecular formula is C28H30BrNO6. The molecule has 0 aliphatic heterocycles. The number of hydrogen-bond acceptors (Lipinski definition) is 7. The van der Waals surface area contributed by atoms with E-state index in [2.05, 4.69) is 20.9 Å². The summed E-state index contributed by atoms with van der Waals surface area (Å²) < 4.78 is 23.0. The van der Waals surface area contributed by atoms with E-state index in [9.17, 15) is 9.59 Å². The highest BCUT2D eigenvalue weighted by Gasteiger charge is 2.29. The van der Waals surface area contributed by atoms with Crippen LogP contribution in [-0.2, 0) is 16.1 Å². The number of ether oxygens (including phenoxy) is 4. The molecule has 2 aromatic carbocycles. The van der Waals surface area contributed by atoms with Crippen molar-refractivity contribution >= 4 is 27.9 Å². The molecule has 8 heteroatoms. The van der Waals surface area contributed by atoms with Crippen LogP contribution in [0.2, 0.25) is 0 Å². The number of carbonyl (C=O) groups excluding carboxylic acids is 2. The van der Waals surface area contributed by atoms with Crippen LogP contribution in [0, 0.1) is 20.8 Å². The molecule has 0 spiro atoms. The number of aromatic nitrogens is 1. The SMILES string of the molecule is CCOC(=O)c1c(C)nc(C)c(C(=O)OCC)c1-c1cc(Br)c(OCc2ccccc2C)c(OC)c1. The van der Waals surface area contributed by atoms with Crippen molar-refractivity contribution in [3.63, 3.8) is 0 Å². The smallest absolute Gasteiger partial charge is 0.340 e. The lowest BCUT2D eigenvalue weighted by molar-refractivity contribution is 0.0525. The maximum absolute atomic E-state index is 13.0. The van der Waals surface area contributed by atoms with Gasteiger partial charge in [-0.3, -0.25) is 4.98 Å². The minimum atomic E-state index is -0.571. The highest BCUT2D eigenvalue weighted by atomic mass is 79.9. The predicted octanol–water partition coefficient (Wildman–Crippen LogP) is 6.38. The number of aryl methyl sites for hydroxylation is 3. The van der Waals surface area contributed by atoms with Crippen molar-refractivity contribution in [3.8, 4) is 22.6 Å². The number of carbonyl (C=O) groups is 2. The molecule has 0 amide bonds. The van der Waals surface area contributed by atoms with Gasteiger partial charge in [0, 0.05) is 5.56 Å². The molecule has 0 saturated heterocycles. The van der Waals surface area contributed by atoms with Gasteiger partial charge in [0.1, 0.15) is 6.61 Å². The van der Waals surface area contributed by atoms with E-state index in [1.807, 2.05) is 31.2 Å². The molecule has 36 heavy (non-hydrogen) atoms. The number of halogens is 1. The minimum absolute atomic E-state index is 0.180. The largest absolute Gasteiger partial charge is 0.493 e. The summed E-state index contributed by atoms with van der Waals surface area (Å²) in [7, 11) is 1.54. The Bertz CT molecular complexity index is 1250. The van der Waals surface area contributed by atoms with Gasteiger partial charge in [0.15, 0.2) is 11.5 Å². The number of benzene rings is 2. The topological polar surface area (TPSA) is 84.0 Å². The zero-order valence-corrected chi connectivity index (χ0v) is 22.9. The molecule has 0 unspecified atom stereocenters. The van der Waals surface area contributed by atoms with Gasteiger partial charge in [0.05, 0.1) is 47.3 Å². The van der Waals surface area contributed by atoms with E-state index in [-0.39, 0.29) is 24.3 Å². The number of esters is 2. The van der Waals surface area contributed by atoms with Crippen LogP contribution in [0.3, 0.4) is 0 Å². The molecule has 1 heterocycles. The summed E-state index contributed by atoms with van der Waals surface area (Å²) in [5.74, 6) is -0.205. The fourth-order valence-electron chi connectivity index (χ4n) is 3.97. The first-order valence-corrected chi connectivity index (χ1v) is 12.4. The van der Waals surface area contributed by atoms with Crippen molar-refractivity contribution in [1.82, 2.24) is 4.98 Å². The second kappa shape index (κ2) is 12.0. The van der Waals surface area contributed by atoms with Crippen LogP contribution in [0.4, 0.5) is 0 Å². The van der Waals surface area contributed by atoms with Gasteiger partial charge < -0.3 is 18.9 Å². The lowest BCUT2D eigenvalue weighted by Gasteiger charge is -2.20. The van der Waals surface area contributed by atoms with E-state index in [4.69, 9.17) is 18.9 Å². The summed E-state index contributed by atoms with van der Waals surface area (Å²) in [6.45, 7) is 9.60. The molecule has 0 saturated carbocycles. The Labute approximate surface area is 219 Å². The van der Waals surface area contributed by atoms with Crippen LogP contribution < -0.4 is 9.47 Å². The Hall–Kier alpha value is -3.39. The number of nitrogens with zero attached hydrogens (tertiary/aromatic N) is 1. The normalized spacial score (nSPS) is 10.6. The van der Waals surface area contributed by atoms with E-state index in [1.54, 1.807) is 39.8 Å². The van der Waals surface area contributed by atoms with Gasteiger partial charge >= 0.3 is 11.9 Å². The standard InChI is InChI=1S/C28H30BrNO6/c1-7-34-27(31)23-17(4)30-18(5)24(28(32)35-8-2)25(23)20-13-21(29)26(22(14-20)33-6)36-15-19-12-10-9-11-16(19)3/h9-14H,7-8,15H2,1-6H3. The third-order valence-corrected chi connectivity index (χ3v) is 6.26. The van der Waals surface area contributed by atoms with E-state index in [1.165, 1.54) is 7.11 Å². The molecule has 0 atom stereocenters. The summed E-state index contributed by atoms with van der Waals surface area (Å²) >= 11 is 3.60. The van der Waals surface area contributed by atoms with Crippen LogP contribution in [0.5, 0.6) is 11.5 Å². The van der Waals surface area contributed by atoms with Gasteiger partial charge in [-0.15, -0.1) is 0 Å². The maximum Gasteiger partial charge on any atom is 0.340 e. The second-order valence-electron chi connectivity index (χ2n) is 8.05. The zero-order valence-electron chi connectivity index (χ0n) is 21.4. The van der Waals surface area contributed by atoms with Gasteiger partial charge in [-0.1, -0.05) is 24.3 Å². The van der Waals surface area contributed by atoms with Gasteiger partial charge in [-0.05, 0) is 79.4 Å². The van der Waals surface area contributed by atoms with E-state index in [0.717, 1.165) is 11.1 Å². The number of methoxy groups -OCH3 is 1. The summed E-state index contributed by atoms with van der Waals surface area (Å²) in [5.41, 5.74) is 4.40. The molecule has 0 aliphatic rings. The van der Waals surface area contributed by atoms with Gasteiger partial charge in [-0.25, -0.2) is 9.59 Å². The van der Waals surface area contributed by atoms with Crippen molar-refractivity contribution < 1.29 is 28.5 Å². The predicted molar refractivity (Wildman–Crippen MR) is 141 cm³/mol. The second-order valence-corrected chi connectivity index (χ2v) is 8.91. The van der Waals surface area contributed by atoms with Gasteiger partial charge in [0.25, 0.3) is 0 Å². The number of hydrogen-bond donors (Lipinski definition) is 0. The number of pyridine rings is 1. The summed E-state index contributed by atoms with van der Waals surface area (Å²) in [6, 6.07) is 11.5. The summed E-state index contributed by atoms with van der Waals surface area (Å²) in [4.78, 5) is 30.5. The van der Waals surface area contributed by atoms with E-state index in [0.29, 0.717) is 45.1 Å². The van der Waals surface area contributed by atoms with Crippen molar-refractivity contribution in [2.75, 3.05) is 20.3 Å². The monoisotopic (exact) mass is 555 g/mol. The van der Waals surface area contributed by atoms with Crippen LogP contribution in [0.1, 0.15) is 57.1 Å². The average molecular weight is 556 g/mol. The Morgan fingerprint density at radius 2 is 1.50 bits per heavy atom. The van der Waals surface area contributed by atoms with Gasteiger partial charge in [-0.2, -0.15) is 0 Å². The van der Waals surface area contributed by atoms with Crippen molar-refractivity contribution in [1.29, 1.82) is 0 Å². The number of rotatable bonds is 9. The molecule has 3 rings (SSSR count). The molecule has 7 nitrogen and oxygen atoms in total. The fourth-order valence-corrected chi connectivity index (χ4v) is 4.53. The molecule has 190 valence electrons. The molecular weight excluding hydrogens is 526 g/mol. The van der Waals surface area contributed by atoms with Crippen molar-refractivity contribution in [3.05, 3.63) is 74.5 Å². The molecule has 0 N–H and O–H groups in total. The lowest BCUT2D eigenvalue weighted by Crippen LogP contribution is -2.17. The van der Waals surface area contributed by atoms with Crippen molar-refractivity contribution in [2.45, 2.75) is 41.2 Å². The zero-order chi connectivity index (χ0) is 26.4. The summed E-state index contributed by atoms with van der Waals surface area (Å²) in [5, 5.41) is 0. The van der Waals surface area contributed by atoms with E-state index >= 15 is 0 Å². The molecule has 3 aromatic rings. The van der Waals surface area contributed by atoms with Crippen LogP contribution >= 0.6 is 15.9 Å². The Morgan fingerprint density at radius 1 is 0.917 bits per heavy atom. The molecule has 0 fully saturated rings. The lowest BCUT2D eigenvalue weighted by atomic mass is 9.92. The highest BCUT2D eigenvalue weighted by Crippen LogP contribution is 2.43. The third kappa shape index (κ3) is 5.70. The average Bonchev–Trinajstić information content (AvgIpc) is 2.83. The molecule has 1 aromatic heterocycles. The quantitative estimate of drug-likeness (QED) is 0.283. The highest BCUT2D eigenvalue weighted by molar-refractivity contribution is 9.10. The van der Waals surface area contributed by atoms with Gasteiger partial charge in [0.2, 0.25) is 0 Å². The van der Waals surface area contributed by atoms with Crippen LogP contribution in [0.15, 0.2) is 40.9 Å². The van der Waals surface area contributed by atoms with Crippen LogP contribution in [0.25, 0.3) is 11.1 Å². The Kier molecular flexibility index (Phi) is 9.09. The summed E-state index contributed by atoms with van der Waals surface area (Å²) in [6.07, 6.45) is 0. The van der Waals surface area contributed by atoms with E-state index < -0.39 is 11.9 Å². The molecule has 0 bridgehead atoms. The first-order valence-electron chi connectivity index (χ1n) is 11.6. The Balaban J connectivity index is 2.20. The maximum atomic E-state index is 13.0. The first-order chi connectivity index (χ1) is 17.2. The molecule has 0 aliphatic carbocycles. The minimum Gasteiger partial charge on any atom is -0.493 e. The fraction of sp³-hybridized carbons (Fsp3) is 0.321. The van der Waals surface area contributed by atoms with Crippen LogP contribution in [-0.4, -0.2) is 37.2 Å². The van der Waals surface area contributed by atoms with Crippen molar-refractivity contribution in [2.24, 2.45) is 0 Å².